The molecule has 23 heavy (non-hydrogen) atoms. The number of benzene rings is 1. The summed E-state index contributed by atoms with van der Waals surface area (Å²) < 4.78 is 30.7. The summed E-state index contributed by atoms with van der Waals surface area (Å²) >= 11 is 0. The maximum Gasteiger partial charge on any atom is 0.214 e. The standard InChI is InChI=1S/C16H24N2O4S/c1-3-12-23(20,21)18-10-8-17(9-11-18)13-16(19)14-4-6-15(22-2)7-5-14/h4-7H,3,8-13H2,1-2H3. The SMILES string of the molecule is CCCS(=O)(=O)N1CCN(CC(=O)c2ccc(OC)cc2)CC1. The predicted octanol–water partition coefficient (Wildman–Crippen LogP) is 1.24. The Hall–Kier alpha value is -1.44. The van der Waals surface area contributed by atoms with Gasteiger partial charge in [0.15, 0.2) is 5.78 Å². The number of sulfonamides is 1. The lowest BCUT2D eigenvalue weighted by Crippen LogP contribution is -2.50. The van der Waals surface area contributed by atoms with E-state index in [0.717, 1.165) is 5.75 Å². The third kappa shape index (κ3) is 4.76. The van der Waals surface area contributed by atoms with Gasteiger partial charge in [-0.3, -0.25) is 9.69 Å². The Morgan fingerprint density at radius 2 is 1.74 bits per heavy atom. The van der Waals surface area contributed by atoms with Gasteiger partial charge in [0.05, 0.1) is 19.4 Å². The molecule has 1 heterocycles. The van der Waals surface area contributed by atoms with E-state index in [-0.39, 0.29) is 11.5 Å². The van der Waals surface area contributed by atoms with Gasteiger partial charge in [-0.1, -0.05) is 6.92 Å². The number of ether oxygens (including phenoxy) is 1. The lowest BCUT2D eigenvalue weighted by molar-refractivity contribution is 0.0901. The maximum absolute atomic E-state index is 12.3. The van der Waals surface area contributed by atoms with Crippen LogP contribution in [0.5, 0.6) is 5.75 Å². The van der Waals surface area contributed by atoms with Gasteiger partial charge in [-0.15, -0.1) is 0 Å². The normalized spacial score (nSPS) is 17.1. The van der Waals surface area contributed by atoms with Crippen molar-refractivity contribution in [2.75, 3.05) is 45.6 Å². The number of nitrogens with zero attached hydrogens (tertiary/aromatic N) is 2. The van der Waals surface area contributed by atoms with Crippen molar-refractivity contribution >= 4 is 15.8 Å². The number of carbonyl (C=O) groups is 1. The zero-order chi connectivity index (χ0) is 16.9. The van der Waals surface area contributed by atoms with Crippen LogP contribution in [0.1, 0.15) is 23.7 Å². The van der Waals surface area contributed by atoms with E-state index in [1.54, 1.807) is 31.4 Å². The van der Waals surface area contributed by atoms with E-state index in [4.69, 9.17) is 4.74 Å². The number of Topliss-reactive ketones (excluding diaryl/α,β-unsaturated/α-hetero) is 1. The van der Waals surface area contributed by atoms with E-state index in [9.17, 15) is 13.2 Å². The third-order valence-corrected chi connectivity index (χ3v) is 6.04. The summed E-state index contributed by atoms with van der Waals surface area (Å²) in [6, 6.07) is 7.04. The van der Waals surface area contributed by atoms with Crippen LogP contribution in [0.2, 0.25) is 0 Å². The summed E-state index contributed by atoms with van der Waals surface area (Å²) in [4.78, 5) is 14.3. The van der Waals surface area contributed by atoms with Crippen LogP contribution in [0.25, 0.3) is 0 Å². The van der Waals surface area contributed by atoms with Crippen LogP contribution in [-0.4, -0.2) is 69.0 Å². The minimum Gasteiger partial charge on any atom is -0.497 e. The van der Waals surface area contributed by atoms with Gasteiger partial charge in [0.2, 0.25) is 10.0 Å². The number of hydrogen-bond acceptors (Lipinski definition) is 5. The Bertz CT molecular complexity index is 620. The van der Waals surface area contributed by atoms with Crippen molar-refractivity contribution in [3.8, 4) is 5.75 Å². The van der Waals surface area contributed by atoms with Crippen molar-refractivity contribution in [2.24, 2.45) is 0 Å². The van der Waals surface area contributed by atoms with E-state index in [1.165, 1.54) is 4.31 Å². The number of hydrogen-bond donors (Lipinski definition) is 0. The highest BCUT2D eigenvalue weighted by atomic mass is 32.2. The van der Waals surface area contributed by atoms with Crippen LogP contribution < -0.4 is 4.74 Å². The lowest BCUT2D eigenvalue weighted by Gasteiger charge is -2.33. The maximum atomic E-state index is 12.3. The lowest BCUT2D eigenvalue weighted by atomic mass is 10.1. The van der Waals surface area contributed by atoms with Crippen LogP contribution in [0.4, 0.5) is 0 Å². The molecule has 0 aromatic heterocycles. The molecule has 1 aromatic carbocycles. The highest BCUT2D eigenvalue weighted by Gasteiger charge is 2.26. The topological polar surface area (TPSA) is 66.9 Å². The van der Waals surface area contributed by atoms with Crippen LogP contribution >= 0.6 is 0 Å². The summed E-state index contributed by atoms with van der Waals surface area (Å²) in [5.41, 5.74) is 0.645. The molecule has 1 saturated heterocycles. The average molecular weight is 340 g/mol. The third-order valence-electron chi connectivity index (χ3n) is 3.97. The summed E-state index contributed by atoms with van der Waals surface area (Å²) in [5.74, 6) is 0.950. The monoisotopic (exact) mass is 340 g/mol. The zero-order valence-corrected chi connectivity index (χ0v) is 14.5. The molecule has 0 amide bonds. The molecule has 6 nitrogen and oxygen atoms in total. The van der Waals surface area contributed by atoms with E-state index >= 15 is 0 Å². The summed E-state index contributed by atoms with van der Waals surface area (Å²) in [5, 5.41) is 0. The number of carbonyl (C=O) groups excluding carboxylic acids is 1. The molecule has 1 aromatic rings. The van der Waals surface area contributed by atoms with Crippen molar-refractivity contribution in [3.63, 3.8) is 0 Å². The molecule has 2 rings (SSSR count). The van der Waals surface area contributed by atoms with Gasteiger partial charge >= 0.3 is 0 Å². The van der Waals surface area contributed by atoms with E-state index < -0.39 is 10.0 Å². The fraction of sp³-hybridized carbons (Fsp3) is 0.562. The minimum atomic E-state index is -3.14. The van der Waals surface area contributed by atoms with Gasteiger partial charge in [-0.2, -0.15) is 4.31 Å². The zero-order valence-electron chi connectivity index (χ0n) is 13.7. The molecule has 0 saturated carbocycles. The predicted molar refractivity (Wildman–Crippen MR) is 89.4 cm³/mol. The van der Waals surface area contributed by atoms with Gasteiger partial charge in [0.25, 0.3) is 0 Å². The second-order valence-corrected chi connectivity index (χ2v) is 7.73. The van der Waals surface area contributed by atoms with Crippen molar-refractivity contribution < 1.29 is 17.9 Å². The first-order chi connectivity index (χ1) is 11.0. The largest absolute Gasteiger partial charge is 0.497 e. The van der Waals surface area contributed by atoms with Crippen molar-refractivity contribution in [2.45, 2.75) is 13.3 Å². The Morgan fingerprint density at radius 3 is 2.26 bits per heavy atom. The molecule has 7 heteroatoms. The highest BCUT2D eigenvalue weighted by Crippen LogP contribution is 2.13. The first-order valence-electron chi connectivity index (χ1n) is 7.83. The van der Waals surface area contributed by atoms with Crippen LogP contribution in [0, 0.1) is 0 Å². The summed E-state index contributed by atoms with van der Waals surface area (Å²) in [6.45, 7) is 4.27. The molecule has 1 aliphatic rings. The molecule has 0 N–H and O–H groups in total. The quantitative estimate of drug-likeness (QED) is 0.699. The highest BCUT2D eigenvalue weighted by molar-refractivity contribution is 7.89. The molecule has 0 aliphatic carbocycles. The Morgan fingerprint density at radius 1 is 1.13 bits per heavy atom. The fourth-order valence-corrected chi connectivity index (χ4v) is 4.12. The van der Waals surface area contributed by atoms with Crippen molar-refractivity contribution in [3.05, 3.63) is 29.8 Å². The van der Waals surface area contributed by atoms with E-state index in [2.05, 4.69) is 0 Å². The first-order valence-corrected chi connectivity index (χ1v) is 9.44. The van der Waals surface area contributed by atoms with Crippen LogP contribution in [0.3, 0.4) is 0 Å². The van der Waals surface area contributed by atoms with Gasteiger partial charge in [-0.25, -0.2) is 8.42 Å². The Balaban J connectivity index is 1.87. The van der Waals surface area contributed by atoms with Crippen molar-refractivity contribution in [1.82, 2.24) is 9.21 Å². The molecule has 0 radical (unpaired) electrons. The van der Waals surface area contributed by atoms with Crippen molar-refractivity contribution in [1.29, 1.82) is 0 Å². The smallest absolute Gasteiger partial charge is 0.214 e. The molecule has 0 unspecified atom stereocenters. The van der Waals surface area contributed by atoms with Gasteiger partial charge in [-0.05, 0) is 30.7 Å². The average Bonchev–Trinajstić information content (AvgIpc) is 2.55. The van der Waals surface area contributed by atoms with Gasteiger partial charge in [0, 0.05) is 31.7 Å². The Kier molecular flexibility index (Phi) is 6.15. The molecule has 1 fully saturated rings. The fourth-order valence-electron chi connectivity index (χ4n) is 2.62. The van der Waals surface area contributed by atoms with Gasteiger partial charge in [0.1, 0.15) is 5.75 Å². The molecule has 0 spiro atoms. The summed E-state index contributed by atoms with van der Waals surface area (Å²) in [6.07, 6.45) is 0.624. The first kappa shape index (κ1) is 17.9. The second-order valence-electron chi connectivity index (χ2n) is 5.64. The van der Waals surface area contributed by atoms with Crippen LogP contribution in [-0.2, 0) is 10.0 Å². The summed E-state index contributed by atoms with van der Waals surface area (Å²) in [7, 11) is -1.55. The Labute approximate surface area is 138 Å². The molecular formula is C16H24N2O4S. The number of piperazine rings is 1. The number of ketones is 1. The molecule has 1 aliphatic heterocycles. The van der Waals surface area contributed by atoms with E-state index in [0.29, 0.717) is 44.7 Å². The number of rotatable bonds is 7. The van der Waals surface area contributed by atoms with E-state index in [1.807, 2.05) is 11.8 Å². The molecule has 128 valence electrons. The number of methoxy groups -OCH3 is 1. The van der Waals surface area contributed by atoms with Crippen LogP contribution in [0.15, 0.2) is 24.3 Å². The molecular weight excluding hydrogens is 316 g/mol. The minimum absolute atomic E-state index is 0.0394. The van der Waals surface area contributed by atoms with Gasteiger partial charge < -0.3 is 4.74 Å². The second kappa shape index (κ2) is 7.90. The molecule has 0 atom stereocenters. The molecule has 0 bridgehead atoms.